The maximum atomic E-state index is 12.2. The molecule has 1 N–H and O–H groups in total. The van der Waals surface area contributed by atoms with Crippen LogP contribution in [0.15, 0.2) is 42.5 Å². The highest BCUT2D eigenvalue weighted by Crippen LogP contribution is 2.24. The largest absolute Gasteiger partial charge is 0.457 e. The second-order valence-electron chi connectivity index (χ2n) is 5.18. The van der Waals surface area contributed by atoms with E-state index in [4.69, 9.17) is 9.57 Å². The number of benzene rings is 2. The lowest BCUT2D eigenvalue weighted by molar-refractivity contribution is -0.125. The Morgan fingerprint density at radius 2 is 1.70 bits per heavy atom. The molecule has 2 aromatic carbocycles. The molecule has 5 nitrogen and oxygen atoms in total. The van der Waals surface area contributed by atoms with Gasteiger partial charge in [-0.25, -0.2) is 4.79 Å². The molecule has 0 heterocycles. The number of carbonyl (C=O) groups is 2. The summed E-state index contributed by atoms with van der Waals surface area (Å²) < 4.78 is 5.34. The van der Waals surface area contributed by atoms with E-state index in [9.17, 15) is 9.59 Å². The quantitative estimate of drug-likeness (QED) is 0.680. The standard InChI is InChI=1S/C18H19NO4/c1-12-13(2)17(23-19-14(3)20)10-9-16(12)18(21)22-11-15-7-5-4-6-8-15/h4-10H,11H2,1-3H3,(H,19,20). The molecule has 23 heavy (non-hydrogen) atoms. The van der Waals surface area contributed by atoms with Crippen molar-refractivity contribution in [1.29, 1.82) is 0 Å². The first-order chi connectivity index (χ1) is 11.0. The fourth-order valence-corrected chi connectivity index (χ4v) is 2.06. The molecule has 0 radical (unpaired) electrons. The first-order valence-electron chi connectivity index (χ1n) is 7.23. The fraction of sp³-hybridized carbons (Fsp3) is 0.222. The molecule has 2 rings (SSSR count). The minimum absolute atomic E-state index is 0.225. The topological polar surface area (TPSA) is 64.6 Å². The Kier molecular flexibility index (Phi) is 5.36. The van der Waals surface area contributed by atoms with Gasteiger partial charge in [0, 0.05) is 6.92 Å². The SMILES string of the molecule is CC(=O)NOc1ccc(C(=O)OCc2ccccc2)c(C)c1C. The van der Waals surface area contributed by atoms with Crippen molar-refractivity contribution in [2.45, 2.75) is 27.4 Å². The Morgan fingerprint density at radius 1 is 1.00 bits per heavy atom. The monoisotopic (exact) mass is 313 g/mol. The van der Waals surface area contributed by atoms with Crippen LogP contribution in [0.1, 0.15) is 34.0 Å². The molecule has 0 aromatic heterocycles. The lowest BCUT2D eigenvalue weighted by atomic mass is 10.0. The number of esters is 1. The highest BCUT2D eigenvalue weighted by Gasteiger charge is 2.15. The van der Waals surface area contributed by atoms with E-state index in [-0.39, 0.29) is 18.5 Å². The zero-order valence-electron chi connectivity index (χ0n) is 13.4. The van der Waals surface area contributed by atoms with E-state index in [0.717, 1.165) is 16.7 Å². The van der Waals surface area contributed by atoms with Crippen molar-refractivity contribution in [2.24, 2.45) is 0 Å². The number of amides is 1. The van der Waals surface area contributed by atoms with Crippen LogP contribution in [0.3, 0.4) is 0 Å². The molecule has 0 saturated heterocycles. The van der Waals surface area contributed by atoms with Crippen molar-refractivity contribution < 1.29 is 19.2 Å². The molecule has 0 aliphatic carbocycles. The second kappa shape index (κ2) is 7.45. The van der Waals surface area contributed by atoms with Crippen LogP contribution in [0.5, 0.6) is 5.75 Å². The summed E-state index contributed by atoms with van der Waals surface area (Å²) in [5.74, 6) is -0.189. The fourth-order valence-electron chi connectivity index (χ4n) is 2.06. The second-order valence-corrected chi connectivity index (χ2v) is 5.18. The number of rotatable bonds is 5. The van der Waals surface area contributed by atoms with Gasteiger partial charge >= 0.3 is 5.97 Å². The van der Waals surface area contributed by atoms with Crippen LogP contribution >= 0.6 is 0 Å². The van der Waals surface area contributed by atoms with E-state index in [0.29, 0.717) is 11.3 Å². The van der Waals surface area contributed by atoms with E-state index in [1.807, 2.05) is 44.2 Å². The first kappa shape index (κ1) is 16.5. The van der Waals surface area contributed by atoms with Crippen LogP contribution in [0, 0.1) is 13.8 Å². The Labute approximate surface area is 135 Å². The summed E-state index contributed by atoms with van der Waals surface area (Å²) >= 11 is 0. The summed E-state index contributed by atoms with van der Waals surface area (Å²) in [4.78, 5) is 28.3. The van der Waals surface area contributed by atoms with Crippen LogP contribution in [-0.4, -0.2) is 11.9 Å². The molecule has 0 saturated carbocycles. The highest BCUT2D eigenvalue weighted by atomic mass is 16.7. The van der Waals surface area contributed by atoms with Gasteiger partial charge in [-0.3, -0.25) is 4.79 Å². The Morgan fingerprint density at radius 3 is 2.35 bits per heavy atom. The Bertz CT molecular complexity index is 710. The zero-order valence-corrected chi connectivity index (χ0v) is 13.4. The number of hydroxylamine groups is 1. The molecular weight excluding hydrogens is 294 g/mol. The van der Waals surface area contributed by atoms with Gasteiger partial charge in [-0.1, -0.05) is 30.3 Å². The molecule has 1 amide bonds. The van der Waals surface area contributed by atoms with Gasteiger partial charge in [0.1, 0.15) is 6.61 Å². The first-order valence-corrected chi connectivity index (χ1v) is 7.23. The third kappa shape index (κ3) is 4.32. The summed E-state index contributed by atoms with van der Waals surface area (Å²) in [5.41, 5.74) is 5.21. The van der Waals surface area contributed by atoms with Crippen LogP contribution in [0.2, 0.25) is 0 Å². The molecule has 0 aliphatic heterocycles. The predicted octanol–water partition coefficient (Wildman–Crippen LogP) is 3.09. The third-order valence-electron chi connectivity index (χ3n) is 3.47. The van der Waals surface area contributed by atoms with E-state index >= 15 is 0 Å². The molecular formula is C18H19NO4. The average molecular weight is 313 g/mol. The molecule has 0 unspecified atom stereocenters. The van der Waals surface area contributed by atoms with Crippen LogP contribution < -0.4 is 10.3 Å². The number of ether oxygens (including phenoxy) is 1. The van der Waals surface area contributed by atoms with Gasteiger partial charge in [-0.2, -0.15) is 5.48 Å². The zero-order chi connectivity index (χ0) is 16.8. The third-order valence-corrected chi connectivity index (χ3v) is 3.47. The van der Waals surface area contributed by atoms with Crippen LogP contribution in [0.25, 0.3) is 0 Å². The summed E-state index contributed by atoms with van der Waals surface area (Å²) in [6.07, 6.45) is 0. The van der Waals surface area contributed by atoms with Crippen molar-refractivity contribution in [3.63, 3.8) is 0 Å². The van der Waals surface area contributed by atoms with Crippen LogP contribution in [-0.2, 0) is 16.1 Å². The van der Waals surface area contributed by atoms with Gasteiger partial charge in [0.05, 0.1) is 5.56 Å². The number of hydrogen-bond acceptors (Lipinski definition) is 4. The summed E-state index contributed by atoms with van der Waals surface area (Å²) in [5, 5.41) is 0. The van der Waals surface area contributed by atoms with Gasteiger partial charge in [0.15, 0.2) is 5.75 Å². The Hall–Kier alpha value is -2.82. The van der Waals surface area contributed by atoms with Gasteiger partial charge in [-0.15, -0.1) is 0 Å². The van der Waals surface area contributed by atoms with Crippen molar-refractivity contribution in [1.82, 2.24) is 5.48 Å². The minimum atomic E-state index is -0.388. The smallest absolute Gasteiger partial charge is 0.338 e. The maximum absolute atomic E-state index is 12.2. The van der Waals surface area contributed by atoms with Gasteiger partial charge in [-0.05, 0) is 42.7 Å². The number of nitrogens with one attached hydrogen (secondary N) is 1. The van der Waals surface area contributed by atoms with E-state index < -0.39 is 0 Å². The molecule has 5 heteroatoms. The Balaban J connectivity index is 2.08. The molecule has 2 aromatic rings. The molecule has 0 aliphatic rings. The average Bonchev–Trinajstić information content (AvgIpc) is 2.55. The van der Waals surface area contributed by atoms with Crippen molar-refractivity contribution in [2.75, 3.05) is 0 Å². The summed E-state index contributed by atoms with van der Waals surface area (Å²) in [7, 11) is 0. The van der Waals surface area contributed by atoms with Crippen LogP contribution in [0.4, 0.5) is 0 Å². The van der Waals surface area contributed by atoms with Crippen molar-refractivity contribution in [3.8, 4) is 5.75 Å². The molecule has 0 fully saturated rings. The molecule has 0 bridgehead atoms. The molecule has 0 spiro atoms. The molecule has 120 valence electrons. The normalized spacial score (nSPS) is 10.0. The predicted molar refractivity (Wildman–Crippen MR) is 85.9 cm³/mol. The number of carbonyl (C=O) groups excluding carboxylic acids is 2. The van der Waals surface area contributed by atoms with Gasteiger partial charge in [0.2, 0.25) is 5.91 Å². The van der Waals surface area contributed by atoms with E-state index in [1.165, 1.54) is 6.92 Å². The lowest BCUT2D eigenvalue weighted by Gasteiger charge is -2.13. The minimum Gasteiger partial charge on any atom is -0.457 e. The van der Waals surface area contributed by atoms with Crippen molar-refractivity contribution >= 4 is 11.9 Å². The van der Waals surface area contributed by atoms with Gasteiger partial charge < -0.3 is 9.57 Å². The summed E-state index contributed by atoms with van der Waals surface area (Å²) in [6.45, 7) is 5.22. The van der Waals surface area contributed by atoms with E-state index in [1.54, 1.807) is 12.1 Å². The molecule has 0 atom stereocenters. The number of hydrogen-bond donors (Lipinski definition) is 1. The highest BCUT2D eigenvalue weighted by molar-refractivity contribution is 5.91. The maximum Gasteiger partial charge on any atom is 0.338 e. The van der Waals surface area contributed by atoms with Crippen molar-refractivity contribution in [3.05, 3.63) is 64.7 Å². The van der Waals surface area contributed by atoms with Gasteiger partial charge in [0.25, 0.3) is 0 Å². The summed E-state index contributed by atoms with van der Waals surface area (Å²) in [6, 6.07) is 12.8. The van der Waals surface area contributed by atoms with E-state index in [2.05, 4.69) is 5.48 Å². The lowest BCUT2D eigenvalue weighted by Crippen LogP contribution is -2.24.